The molecule has 21 heavy (non-hydrogen) atoms. The molecule has 0 radical (unpaired) electrons. The summed E-state index contributed by atoms with van der Waals surface area (Å²) in [5.74, 6) is 2.21. The summed E-state index contributed by atoms with van der Waals surface area (Å²) in [7, 11) is 0. The molecule has 0 aliphatic rings. The summed E-state index contributed by atoms with van der Waals surface area (Å²) in [6.45, 7) is 6.82. The number of hydrogen-bond donors (Lipinski definition) is 1. The fourth-order valence-corrected chi connectivity index (χ4v) is 2.28. The summed E-state index contributed by atoms with van der Waals surface area (Å²) in [6.07, 6.45) is 0.847. The third-order valence-electron chi connectivity index (χ3n) is 3.58. The van der Waals surface area contributed by atoms with Gasteiger partial charge in [0.25, 0.3) is 0 Å². The van der Waals surface area contributed by atoms with Crippen molar-refractivity contribution in [3.8, 4) is 5.75 Å². The van der Waals surface area contributed by atoms with Crippen LogP contribution in [0.1, 0.15) is 43.8 Å². The molecule has 1 N–H and O–H groups in total. The maximum absolute atomic E-state index is 5.79. The van der Waals surface area contributed by atoms with Gasteiger partial charge in [-0.15, -0.1) is 0 Å². The number of H-pyrrole nitrogens is 1. The van der Waals surface area contributed by atoms with Gasteiger partial charge in [-0.1, -0.05) is 25.9 Å². The minimum atomic E-state index is 0.423. The molecule has 4 heteroatoms. The van der Waals surface area contributed by atoms with Crippen LogP contribution >= 0.6 is 0 Å². The Kier molecular flexibility index (Phi) is 3.69. The number of aryl methyl sites for hydroxylation is 1. The number of nitrogens with one attached hydrogen (secondary N) is 1. The van der Waals surface area contributed by atoms with Crippen molar-refractivity contribution in [3.05, 3.63) is 47.5 Å². The molecular weight excluding hydrogens is 264 g/mol. The van der Waals surface area contributed by atoms with Crippen molar-refractivity contribution in [1.82, 2.24) is 10.1 Å². The standard InChI is InChI=1S/C17H20N2O2/c1-4-14-8-13(19-21-14)10-20-15-6-5-12-7-16(11(2)3)18-17(12)9-15/h5-9,11,18H,4,10H2,1-3H3. The van der Waals surface area contributed by atoms with Gasteiger partial charge in [-0.3, -0.25) is 0 Å². The van der Waals surface area contributed by atoms with E-state index in [0.717, 1.165) is 29.1 Å². The Morgan fingerprint density at radius 3 is 2.81 bits per heavy atom. The first-order valence-corrected chi connectivity index (χ1v) is 7.35. The molecule has 0 fully saturated rings. The van der Waals surface area contributed by atoms with Crippen molar-refractivity contribution in [2.75, 3.05) is 0 Å². The van der Waals surface area contributed by atoms with E-state index in [1.807, 2.05) is 25.1 Å². The van der Waals surface area contributed by atoms with Crippen LogP contribution in [0.3, 0.4) is 0 Å². The highest BCUT2D eigenvalue weighted by Crippen LogP contribution is 2.25. The number of fused-ring (bicyclic) bond motifs is 1. The van der Waals surface area contributed by atoms with E-state index in [9.17, 15) is 0 Å². The maximum atomic E-state index is 5.79. The monoisotopic (exact) mass is 284 g/mol. The van der Waals surface area contributed by atoms with E-state index in [4.69, 9.17) is 9.26 Å². The molecule has 0 unspecified atom stereocenters. The van der Waals surface area contributed by atoms with E-state index in [0.29, 0.717) is 12.5 Å². The number of aromatic amines is 1. The lowest BCUT2D eigenvalue weighted by Crippen LogP contribution is -1.95. The van der Waals surface area contributed by atoms with Crippen molar-refractivity contribution in [2.24, 2.45) is 0 Å². The average molecular weight is 284 g/mol. The summed E-state index contributed by atoms with van der Waals surface area (Å²) in [5, 5.41) is 5.19. The summed E-state index contributed by atoms with van der Waals surface area (Å²) < 4.78 is 11.0. The topological polar surface area (TPSA) is 51.0 Å². The van der Waals surface area contributed by atoms with E-state index in [1.165, 1.54) is 11.1 Å². The van der Waals surface area contributed by atoms with Gasteiger partial charge in [0.15, 0.2) is 0 Å². The van der Waals surface area contributed by atoms with E-state index in [2.05, 4.69) is 36.1 Å². The quantitative estimate of drug-likeness (QED) is 0.754. The van der Waals surface area contributed by atoms with Crippen LogP contribution in [0.4, 0.5) is 0 Å². The second-order valence-electron chi connectivity index (χ2n) is 5.56. The molecule has 0 saturated carbocycles. The van der Waals surface area contributed by atoms with Crippen LogP contribution in [0.15, 0.2) is 34.9 Å². The second-order valence-corrected chi connectivity index (χ2v) is 5.56. The number of ether oxygens (including phenoxy) is 1. The van der Waals surface area contributed by atoms with Crippen LogP contribution in [0.25, 0.3) is 10.9 Å². The predicted molar refractivity (Wildman–Crippen MR) is 82.6 cm³/mol. The third kappa shape index (κ3) is 2.94. The van der Waals surface area contributed by atoms with Crippen LogP contribution in [0, 0.1) is 0 Å². The maximum Gasteiger partial charge on any atom is 0.136 e. The number of rotatable bonds is 5. The lowest BCUT2D eigenvalue weighted by Gasteiger charge is -2.03. The molecule has 0 saturated heterocycles. The van der Waals surface area contributed by atoms with E-state index < -0.39 is 0 Å². The molecular formula is C17H20N2O2. The fourth-order valence-electron chi connectivity index (χ4n) is 2.28. The third-order valence-corrected chi connectivity index (χ3v) is 3.58. The molecule has 0 atom stereocenters. The van der Waals surface area contributed by atoms with Crippen LogP contribution < -0.4 is 4.74 Å². The van der Waals surface area contributed by atoms with Gasteiger partial charge in [0, 0.05) is 29.8 Å². The van der Waals surface area contributed by atoms with Gasteiger partial charge in [0.1, 0.15) is 23.8 Å². The first-order chi connectivity index (χ1) is 10.2. The van der Waals surface area contributed by atoms with Crippen LogP contribution in [0.5, 0.6) is 5.75 Å². The highest BCUT2D eigenvalue weighted by Gasteiger charge is 2.07. The van der Waals surface area contributed by atoms with Crippen LogP contribution in [-0.4, -0.2) is 10.1 Å². The molecule has 110 valence electrons. The minimum absolute atomic E-state index is 0.423. The van der Waals surface area contributed by atoms with E-state index in [1.54, 1.807) is 0 Å². The summed E-state index contributed by atoms with van der Waals surface area (Å²) >= 11 is 0. The summed E-state index contributed by atoms with van der Waals surface area (Å²) in [5.41, 5.74) is 3.16. The molecule has 0 bridgehead atoms. The van der Waals surface area contributed by atoms with Gasteiger partial charge in [0.05, 0.1) is 0 Å². The van der Waals surface area contributed by atoms with Gasteiger partial charge >= 0.3 is 0 Å². The summed E-state index contributed by atoms with van der Waals surface area (Å²) in [6, 6.07) is 10.2. The molecule has 0 spiro atoms. The zero-order valence-electron chi connectivity index (χ0n) is 12.6. The number of benzene rings is 1. The zero-order valence-corrected chi connectivity index (χ0v) is 12.6. The molecule has 0 aliphatic carbocycles. The normalized spacial score (nSPS) is 11.4. The van der Waals surface area contributed by atoms with Gasteiger partial charge in [-0.2, -0.15) is 0 Å². The van der Waals surface area contributed by atoms with Crippen LogP contribution in [-0.2, 0) is 13.0 Å². The zero-order chi connectivity index (χ0) is 14.8. The predicted octanol–water partition coefficient (Wildman–Crippen LogP) is 4.42. The Labute approximate surface area is 124 Å². The Morgan fingerprint density at radius 1 is 1.24 bits per heavy atom. The lowest BCUT2D eigenvalue weighted by molar-refractivity contribution is 0.287. The molecule has 4 nitrogen and oxygen atoms in total. The highest BCUT2D eigenvalue weighted by atomic mass is 16.5. The van der Waals surface area contributed by atoms with E-state index >= 15 is 0 Å². The van der Waals surface area contributed by atoms with E-state index in [-0.39, 0.29) is 0 Å². The molecule has 3 rings (SSSR count). The Balaban J connectivity index is 1.74. The van der Waals surface area contributed by atoms with Gasteiger partial charge in [0.2, 0.25) is 0 Å². The first-order valence-electron chi connectivity index (χ1n) is 7.35. The van der Waals surface area contributed by atoms with Gasteiger partial charge in [-0.05, 0) is 29.5 Å². The number of hydrogen-bond acceptors (Lipinski definition) is 3. The Morgan fingerprint density at radius 2 is 2.10 bits per heavy atom. The molecule has 2 aromatic heterocycles. The molecule has 2 heterocycles. The number of nitrogens with zero attached hydrogens (tertiary/aromatic N) is 1. The van der Waals surface area contributed by atoms with Crippen molar-refractivity contribution < 1.29 is 9.26 Å². The van der Waals surface area contributed by atoms with Crippen molar-refractivity contribution in [1.29, 1.82) is 0 Å². The average Bonchev–Trinajstić information content (AvgIpc) is 3.11. The Bertz CT molecular complexity index is 740. The smallest absolute Gasteiger partial charge is 0.136 e. The van der Waals surface area contributed by atoms with Crippen LogP contribution in [0.2, 0.25) is 0 Å². The minimum Gasteiger partial charge on any atom is -0.487 e. The Hall–Kier alpha value is -2.23. The molecule has 3 aromatic rings. The lowest BCUT2D eigenvalue weighted by atomic mass is 10.1. The molecule has 0 aliphatic heterocycles. The number of aromatic nitrogens is 2. The second kappa shape index (κ2) is 5.64. The first kappa shape index (κ1) is 13.7. The SMILES string of the molecule is CCc1cc(COc2ccc3cc(C(C)C)[nH]c3c2)no1. The molecule has 1 aromatic carbocycles. The van der Waals surface area contributed by atoms with Crippen molar-refractivity contribution in [3.63, 3.8) is 0 Å². The van der Waals surface area contributed by atoms with Gasteiger partial charge < -0.3 is 14.2 Å². The fraction of sp³-hybridized carbons (Fsp3) is 0.353. The largest absolute Gasteiger partial charge is 0.487 e. The van der Waals surface area contributed by atoms with Crippen molar-refractivity contribution >= 4 is 10.9 Å². The molecule has 0 amide bonds. The highest BCUT2D eigenvalue weighted by molar-refractivity contribution is 5.82. The summed E-state index contributed by atoms with van der Waals surface area (Å²) in [4.78, 5) is 3.43. The van der Waals surface area contributed by atoms with Crippen molar-refractivity contribution in [2.45, 2.75) is 39.7 Å². The van der Waals surface area contributed by atoms with Gasteiger partial charge in [-0.25, -0.2) is 0 Å².